The van der Waals surface area contributed by atoms with Crippen molar-refractivity contribution < 1.29 is 27.8 Å². The number of piperidine rings is 1. The van der Waals surface area contributed by atoms with Gasteiger partial charge in [-0.3, -0.25) is 4.99 Å². The summed E-state index contributed by atoms with van der Waals surface area (Å²) in [6.07, 6.45) is 3.23. The van der Waals surface area contributed by atoms with Gasteiger partial charge in [-0.1, -0.05) is 24.3 Å². The van der Waals surface area contributed by atoms with E-state index in [0.29, 0.717) is 41.2 Å². The van der Waals surface area contributed by atoms with E-state index in [1.165, 1.54) is 24.2 Å². The molecule has 0 bridgehead atoms. The number of likely N-dealkylation sites (tertiary alicyclic amines) is 1. The highest BCUT2D eigenvalue weighted by Crippen LogP contribution is 2.43. The molecule has 1 unspecified atom stereocenters. The molecule has 8 nitrogen and oxygen atoms in total. The fourth-order valence-electron chi connectivity index (χ4n) is 7.41. The Morgan fingerprint density at radius 1 is 1.19 bits per heavy atom. The van der Waals surface area contributed by atoms with Crippen LogP contribution in [0, 0.1) is 18.8 Å². The van der Waals surface area contributed by atoms with Gasteiger partial charge >= 0.3 is 5.97 Å². The number of nitrogen functional groups attached to an aromatic ring is 1. The summed E-state index contributed by atoms with van der Waals surface area (Å²) in [5.41, 5.74) is 10.5. The van der Waals surface area contributed by atoms with E-state index >= 15 is 0 Å². The predicted octanol–water partition coefficient (Wildman–Crippen LogP) is 6.19. The number of benzene rings is 2. The number of fused-ring (bicyclic) bond motifs is 1. The number of halogens is 3. The lowest BCUT2D eigenvalue weighted by Crippen LogP contribution is -2.40. The number of imidazole rings is 1. The van der Waals surface area contributed by atoms with E-state index in [9.17, 15) is 23.1 Å². The highest BCUT2D eigenvalue weighted by atomic mass is 19.3. The fraction of sp³-hybridized carbons (Fsp3) is 0.528. The monoisotopic (exact) mass is 651 g/mol. The number of rotatable bonds is 11. The van der Waals surface area contributed by atoms with Crippen LogP contribution in [0.25, 0.3) is 11.1 Å². The Hall–Kier alpha value is -3.70. The van der Waals surface area contributed by atoms with Gasteiger partial charge in [0.15, 0.2) is 6.04 Å². The van der Waals surface area contributed by atoms with Crippen molar-refractivity contribution in [1.82, 2.24) is 14.5 Å². The lowest BCUT2D eigenvalue weighted by Gasteiger charge is -2.41. The summed E-state index contributed by atoms with van der Waals surface area (Å²) in [5, 5.41) is 9.39. The van der Waals surface area contributed by atoms with Crippen molar-refractivity contribution in [3.8, 4) is 11.1 Å². The van der Waals surface area contributed by atoms with Crippen molar-refractivity contribution in [2.24, 2.45) is 16.8 Å². The first kappa shape index (κ1) is 33.2. The molecule has 6 rings (SSSR count). The second-order valence-corrected chi connectivity index (χ2v) is 13.3. The van der Waals surface area contributed by atoms with Crippen LogP contribution in [0.2, 0.25) is 0 Å². The molecule has 1 saturated heterocycles. The van der Waals surface area contributed by atoms with Crippen LogP contribution in [0.3, 0.4) is 0 Å². The molecule has 1 aromatic heterocycles. The van der Waals surface area contributed by atoms with Crippen LogP contribution >= 0.6 is 0 Å². The van der Waals surface area contributed by atoms with E-state index in [1.54, 1.807) is 18.4 Å². The van der Waals surface area contributed by atoms with Crippen molar-refractivity contribution in [2.75, 3.05) is 38.6 Å². The molecular weight excluding hydrogens is 607 g/mol. The minimum atomic E-state index is -2.84. The fourth-order valence-corrected chi connectivity index (χ4v) is 7.41. The number of aliphatic hydroxyl groups excluding tert-OH is 1. The first-order chi connectivity index (χ1) is 22.7. The minimum Gasteiger partial charge on any atom is -0.464 e. The van der Waals surface area contributed by atoms with Crippen molar-refractivity contribution in [3.63, 3.8) is 0 Å². The summed E-state index contributed by atoms with van der Waals surface area (Å²) < 4.78 is 50.0. The van der Waals surface area contributed by atoms with Crippen LogP contribution in [0.15, 0.2) is 41.7 Å². The molecular formula is C36H44F3N5O3. The summed E-state index contributed by atoms with van der Waals surface area (Å²) in [4.78, 5) is 24.1. The number of esters is 1. The molecule has 2 atom stereocenters. The highest BCUT2D eigenvalue weighted by Gasteiger charge is 2.34. The number of aliphatic imine (C=N–C) groups is 1. The van der Waals surface area contributed by atoms with Gasteiger partial charge in [-0.15, -0.1) is 0 Å². The maximum Gasteiger partial charge on any atom is 0.337 e. The molecule has 1 aliphatic carbocycles. The van der Waals surface area contributed by atoms with Crippen LogP contribution in [-0.2, 0) is 22.5 Å². The van der Waals surface area contributed by atoms with Gasteiger partial charge in [0, 0.05) is 48.3 Å². The first-order valence-corrected chi connectivity index (χ1v) is 16.7. The molecule has 2 aliphatic heterocycles. The molecule has 3 heterocycles. The quantitative estimate of drug-likeness (QED) is 0.146. The SMILES string of the molecule is CCOC(=O)C(N=Cc1c(C(F)F)cc(-c2ccc(C3CC(CN4CCC(CO)CC4)C3)cc2)c(C)c1N)c1ncn2c1C[C@@H](F)C2. The van der Waals surface area contributed by atoms with Crippen LogP contribution in [0.5, 0.6) is 0 Å². The summed E-state index contributed by atoms with van der Waals surface area (Å²) >= 11 is 0. The molecule has 2 fully saturated rings. The van der Waals surface area contributed by atoms with Crippen LogP contribution < -0.4 is 5.73 Å². The Balaban J connectivity index is 1.19. The van der Waals surface area contributed by atoms with Gasteiger partial charge in [0.1, 0.15) is 6.17 Å². The lowest BCUT2D eigenvalue weighted by atomic mass is 9.71. The standard InChI is InChI=1S/C36H44F3N5O3/c1-3-47-36(46)34(33-31-14-27(37)18-44(31)20-42-33)41-16-30-29(35(38)39)15-28(21(2)32(30)40)25-6-4-24(5-7-25)26-12-23(13-26)17-43-10-8-22(19-45)9-11-43/h4-7,15-16,20,22-23,26-27,34-35,45H,3,8-14,17-19,40H2,1-2H3/t23?,26?,27-,34?/m1/s1. The number of carbonyl (C=O) groups is 1. The summed E-state index contributed by atoms with van der Waals surface area (Å²) in [7, 11) is 0. The maximum absolute atomic E-state index is 14.5. The van der Waals surface area contributed by atoms with Gasteiger partial charge < -0.3 is 25.0 Å². The Labute approximate surface area is 273 Å². The second kappa shape index (κ2) is 14.2. The zero-order valence-electron chi connectivity index (χ0n) is 27.0. The number of aromatic nitrogens is 2. The third-order valence-corrected chi connectivity index (χ3v) is 10.3. The van der Waals surface area contributed by atoms with Crippen LogP contribution in [0.4, 0.5) is 18.9 Å². The van der Waals surface area contributed by atoms with Gasteiger partial charge in [0.2, 0.25) is 0 Å². The number of ether oxygens (including phenoxy) is 1. The molecule has 1 saturated carbocycles. The predicted molar refractivity (Wildman–Crippen MR) is 175 cm³/mol. The van der Waals surface area contributed by atoms with E-state index in [4.69, 9.17) is 10.5 Å². The molecule has 47 heavy (non-hydrogen) atoms. The van der Waals surface area contributed by atoms with Crippen molar-refractivity contribution in [1.29, 1.82) is 0 Å². The van der Waals surface area contributed by atoms with Gasteiger partial charge in [-0.2, -0.15) is 0 Å². The molecule has 3 aliphatic rings. The zero-order valence-corrected chi connectivity index (χ0v) is 27.0. The molecule has 2 aromatic carbocycles. The number of hydrogen-bond donors (Lipinski definition) is 2. The van der Waals surface area contributed by atoms with E-state index in [-0.39, 0.29) is 42.1 Å². The Morgan fingerprint density at radius 3 is 2.57 bits per heavy atom. The largest absolute Gasteiger partial charge is 0.464 e. The number of anilines is 1. The Bertz CT molecular complexity index is 1590. The number of alkyl halides is 3. The lowest BCUT2D eigenvalue weighted by molar-refractivity contribution is -0.144. The average Bonchev–Trinajstić information content (AvgIpc) is 3.60. The summed E-state index contributed by atoms with van der Waals surface area (Å²) in [6.45, 7) is 7.21. The molecule has 3 aromatic rings. The molecule has 3 N–H and O–H groups in total. The van der Waals surface area contributed by atoms with Gasteiger partial charge in [0.25, 0.3) is 6.43 Å². The number of nitrogens with zero attached hydrogens (tertiary/aromatic N) is 4. The van der Waals surface area contributed by atoms with Crippen molar-refractivity contribution >= 4 is 17.9 Å². The highest BCUT2D eigenvalue weighted by molar-refractivity contribution is 5.94. The van der Waals surface area contributed by atoms with Gasteiger partial charge in [0.05, 0.1) is 25.2 Å². The van der Waals surface area contributed by atoms with E-state index < -0.39 is 24.6 Å². The third-order valence-electron chi connectivity index (χ3n) is 10.3. The van der Waals surface area contributed by atoms with Gasteiger partial charge in [-0.05, 0) is 98.7 Å². The number of hydrogen-bond acceptors (Lipinski definition) is 7. The third kappa shape index (κ3) is 6.97. The minimum absolute atomic E-state index is 0.0347. The smallest absolute Gasteiger partial charge is 0.337 e. The second-order valence-electron chi connectivity index (χ2n) is 13.3. The Morgan fingerprint density at radius 2 is 1.91 bits per heavy atom. The van der Waals surface area contributed by atoms with Crippen LogP contribution in [-0.4, -0.2) is 70.8 Å². The van der Waals surface area contributed by atoms with E-state index in [0.717, 1.165) is 50.9 Å². The van der Waals surface area contributed by atoms with Crippen LogP contribution in [0.1, 0.15) is 84.6 Å². The van der Waals surface area contributed by atoms with Crippen molar-refractivity contribution in [2.45, 2.75) is 77.1 Å². The van der Waals surface area contributed by atoms with Crippen molar-refractivity contribution in [3.05, 3.63) is 70.3 Å². The van der Waals surface area contributed by atoms with E-state index in [1.807, 2.05) is 12.1 Å². The molecule has 11 heteroatoms. The van der Waals surface area contributed by atoms with Gasteiger partial charge in [-0.25, -0.2) is 22.9 Å². The molecule has 0 spiro atoms. The summed E-state index contributed by atoms with van der Waals surface area (Å²) in [5.74, 6) is 0.918. The number of nitrogens with two attached hydrogens (primary N) is 1. The molecule has 0 amide bonds. The first-order valence-electron chi connectivity index (χ1n) is 16.7. The number of carbonyl (C=O) groups excluding carboxylic acids is 1. The topological polar surface area (TPSA) is 106 Å². The number of aliphatic hydroxyl groups is 1. The Kier molecular flexibility index (Phi) is 10.0. The normalized spacial score (nSPS) is 22.5. The van der Waals surface area contributed by atoms with E-state index in [2.05, 4.69) is 27.0 Å². The summed E-state index contributed by atoms with van der Waals surface area (Å²) in [6, 6.07) is 8.34. The average molecular weight is 652 g/mol. The zero-order chi connectivity index (χ0) is 33.2. The molecule has 252 valence electrons. The molecule has 0 radical (unpaired) electrons. The maximum atomic E-state index is 14.5.